The van der Waals surface area contributed by atoms with Crippen molar-refractivity contribution in [2.24, 2.45) is 0 Å². The first-order chi connectivity index (χ1) is 7.68. The molecule has 2 rings (SSSR count). The summed E-state index contributed by atoms with van der Waals surface area (Å²) in [7, 11) is 0. The molecule has 4 heteroatoms. The Bertz CT molecular complexity index is 364. The molecule has 1 heterocycles. The molecule has 0 saturated carbocycles. The van der Waals surface area contributed by atoms with Gasteiger partial charge >= 0.3 is 0 Å². The van der Waals surface area contributed by atoms with E-state index in [2.05, 4.69) is 5.32 Å². The Hall–Kier alpha value is -1.00. The number of hydrogen-bond acceptors (Lipinski definition) is 2. The number of ether oxygens (including phenoxy) is 1. The van der Waals surface area contributed by atoms with E-state index >= 15 is 0 Å². The van der Waals surface area contributed by atoms with Crippen molar-refractivity contribution in [1.29, 1.82) is 0 Å². The number of benzene rings is 1. The maximum atomic E-state index is 13.5. The minimum absolute atomic E-state index is 0.206. The summed E-state index contributed by atoms with van der Waals surface area (Å²) in [6.45, 7) is 3.20. The van der Waals surface area contributed by atoms with E-state index in [9.17, 15) is 8.78 Å². The van der Waals surface area contributed by atoms with Gasteiger partial charge in [0.25, 0.3) is 0 Å². The molecule has 1 fully saturated rings. The van der Waals surface area contributed by atoms with Crippen molar-refractivity contribution < 1.29 is 13.5 Å². The zero-order valence-electron chi connectivity index (χ0n) is 9.17. The van der Waals surface area contributed by atoms with Gasteiger partial charge in [-0.25, -0.2) is 8.78 Å². The molecule has 0 amide bonds. The van der Waals surface area contributed by atoms with Crippen molar-refractivity contribution in [2.75, 3.05) is 13.2 Å². The van der Waals surface area contributed by atoms with E-state index < -0.39 is 11.6 Å². The lowest BCUT2D eigenvalue weighted by atomic mass is 10.1. The molecule has 1 aliphatic heterocycles. The highest BCUT2D eigenvalue weighted by Crippen LogP contribution is 2.20. The molecule has 1 saturated heterocycles. The van der Waals surface area contributed by atoms with Crippen LogP contribution in [0.3, 0.4) is 0 Å². The first kappa shape index (κ1) is 11.5. The zero-order chi connectivity index (χ0) is 11.5. The molecule has 1 aromatic carbocycles. The van der Waals surface area contributed by atoms with Crippen LogP contribution in [-0.4, -0.2) is 19.3 Å². The molecule has 0 aliphatic carbocycles. The first-order valence-corrected chi connectivity index (χ1v) is 5.46. The third kappa shape index (κ3) is 2.39. The fourth-order valence-corrected chi connectivity index (χ4v) is 1.96. The molecule has 0 radical (unpaired) electrons. The maximum absolute atomic E-state index is 13.5. The van der Waals surface area contributed by atoms with Crippen LogP contribution in [0.1, 0.15) is 24.9 Å². The van der Waals surface area contributed by atoms with E-state index in [1.54, 1.807) is 6.07 Å². The lowest BCUT2D eigenvalue weighted by molar-refractivity contribution is 0.188. The number of hydrogen-bond donors (Lipinski definition) is 1. The van der Waals surface area contributed by atoms with Crippen LogP contribution in [0.25, 0.3) is 0 Å². The summed E-state index contributed by atoms with van der Waals surface area (Å²) in [5.74, 6) is -1.56. The maximum Gasteiger partial charge on any atom is 0.163 e. The van der Waals surface area contributed by atoms with E-state index in [1.807, 2.05) is 6.92 Å². The van der Waals surface area contributed by atoms with Gasteiger partial charge in [0.05, 0.1) is 6.61 Å². The molecule has 2 nitrogen and oxygen atoms in total. The Morgan fingerprint density at radius 1 is 1.44 bits per heavy atom. The van der Waals surface area contributed by atoms with Crippen molar-refractivity contribution in [3.63, 3.8) is 0 Å². The predicted molar refractivity (Wildman–Crippen MR) is 57.1 cm³/mol. The van der Waals surface area contributed by atoms with Gasteiger partial charge in [0.15, 0.2) is 11.6 Å². The van der Waals surface area contributed by atoms with Crippen molar-refractivity contribution in [3.8, 4) is 0 Å². The molecule has 1 aromatic rings. The predicted octanol–water partition coefficient (Wildman–Crippen LogP) is 2.40. The molecule has 0 spiro atoms. The third-order valence-electron chi connectivity index (χ3n) is 2.86. The summed E-state index contributed by atoms with van der Waals surface area (Å²) in [5.41, 5.74) is 0.368. The molecule has 0 aromatic heterocycles. The molecule has 1 N–H and O–H groups in total. The molecule has 88 valence electrons. The summed E-state index contributed by atoms with van der Waals surface area (Å²) < 4.78 is 31.7. The van der Waals surface area contributed by atoms with Crippen LogP contribution < -0.4 is 5.32 Å². The number of nitrogens with one attached hydrogen (secondary N) is 1. The highest BCUT2D eigenvalue weighted by atomic mass is 19.2. The lowest BCUT2D eigenvalue weighted by Gasteiger charge is -2.19. The van der Waals surface area contributed by atoms with Crippen LogP contribution in [0.5, 0.6) is 0 Å². The average Bonchev–Trinajstić information content (AvgIpc) is 2.74. The lowest BCUT2D eigenvalue weighted by Crippen LogP contribution is -2.32. The first-order valence-electron chi connectivity index (χ1n) is 5.46. The van der Waals surface area contributed by atoms with Gasteiger partial charge in [-0.15, -0.1) is 0 Å². The van der Waals surface area contributed by atoms with E-state index in [0.717, 1.165) is 19.1 Å². The van der Waals surface area contributed by atoms with Gasteiger partial charge in [-0.3, -0.25) is 0 Å². The van der Waals surface area contributed by atoms with E-state index in [1.165, 1.54) is 6.07 Å². The Kier molecular flexibility index (Phi) is 3.51. The molecular formula is C12H15F2NO. The second-order valence-electron chi connectivity index (χ2n) is 4.09. The third-order valence-corrected chi connectivity index (χ3v) is 2.86. The quantitative estimate of drug-likeness (QED) is 0.856. The Morgan fingerprint density at radius 3 is 2.94 bits per heavy atom. The highest BCUT2D eigenvalue weighted by Gasteiger charge is 2.20. The number of rotatable bonds is 3. The minimum atomic E-state index is -0.797. The van der Waals surface area contributed by atoms with Crippen LogP contribution in [0, 0.1) is 11.6 Å². The van der Waals surface area contributed by atoms with Gasteiger partial charge in [-0.2, -0.15) is 0 Å². The largest absolute Gasteiger partial charge is 0.380 e. The van der Waals surface area contributed by atoms with Crippen LogP contribution >= 0.6 is 0 Å². The normalized spacial score (nSPS) is 22.3. The Balaban J connectivity index is 2.07. The number of halogens is 2. The van der Waals surface area contributed by atoms with Gasteiger partial charge in [-0.05, 0) is 19.4 Å². The van der Waals surface area contributed by atoms with Crippen LogP contribution in [0.15, 0.2) is 18.2 Å². The average molecular weight is 227 g/mol. The monoisotopic (exact) mass is 227 g/mol. The van der Waals surface area contributed by atoms with E-state index in [4.69, 9.17) is 4.74 Å². The second kappa shape index (κ2) is 4.89. The SMILES string of the molecule is CC(NC1CCOC1)c1cccc(F)c1F. The standard InChI is InChI=1S/C12H15F2NO/c1-8(15-9-5-6-16-7-9)10-3-2-4-11(13)12(10)14/h2-4,8-9,15H,5-7H2,1H3. The summed E-state index contributed by atoms with van der Waals surface area (Å²) in [4.78, 5) is 0. The minimum Gasteiger partial charge on any atom is -0.380 e. The summed E-state index contributed by atoms with van der Waals surface area (Å²) in [5, 5.41) is 3.23. The molecule has 16 heavy (non-hydrogen) atoms. The van der Waals surface area contributed by atoms with Crippen LogP contribution in [-0.2, 0) is 4.74 Å². The van der Waals surface area contributed by atoms with Gasteiger partial charge in [-0.1, -0.05) is 12.1 Å². The zero-order valence-corrected chi connectivity index (χ0v) is 9.17. The van der Waals surface area contributed by atoms with Crippen molar-refractivity contribution in [2.45, 2.75) is 25.4 Å². The second-order valence-corrected chi connectivity index (χ2v) is 4.09. The molecule has 1 aliphatic rings. The van der Waals surface area contributed by atoms with E-state index in [-0.39, 0.29) is 12.1 Å². The molecule has 2 atom stereocenters. The summed E-state index contributed by atoms with van der Waals surface area (Å²) >= 11 is 0. The van der Waals surface area contributed by atoms with Gasteiger partial charge in [0, 0.05) is 24.3 Å². The Labute approximate surface area is 93.6 Å². The van der Waals surface area contributed by atoms with Crippen molar-refractivity contribution in [1.82, 2.24) is 5.32 Å². The van der Waals surface area contributed by atoms with Gasteiger partial charge in [0.2, 0.25) is 0 Å². The fraction of sp³-hybridized carbons (Fsp3) is 0.500. The summed E-state index contributed by atoms with van der Waals surface area (Å²) in [6, 6.07) is 4.28. The molecular weight excluding hydrogens is 212 g/mol. The smallest absolute Gasteiger partial charge is 0.163 e. The molecule has 0 bridgehead atoms. The van der Waals surface area contributed by atoms with Crippen LogP contribution in [0.2, 0.25) is 0 Å². The Morgan fingerprint density at radius 2 is 2.25 bits per heavy atom. The van der Waals surface area contributed by atoms with E-state index in [0.29, 0.717) is 12.2 Å². The summed E-state index contributed by atoms with van der Waals surface area (Å²) in [6.07, 6.45) is 0.918. The van der Waals surface area contributed by atoms with Gasteiger partial charge in [0.1, 0.15) is 0 Å². The van der Waals surface area contributed by atoms with Crippen molar-refractivity contribution >= 4 is 0 Å². The van der Waals surface area contributed by atoms with Gasteiger partial charge < -0.3 is 10.1 Å². The fourth-order valence-electron chi connectivity index (χ4n) is 1.96. The molecule has 2 unspecified atom stereocenters. The van der Waals surface area contributed by atoms with Crippen molar-refractivity contribution in [3.05, 3.63) is 35.4 Å². The topological polar surface area (TPSA) is 21.3 Å². The van der Waals surface area contributed by atoms with Crippen LogP contribution in [0.4, 0.5) is 8.78 Å². The highest BCUT2D eigenvalue weighted by molar-refractivity contribution is 5.22.